The first-order valence-electron chi connectivity index (χ1n) is 5.78. The van der Waals surface area contributed by atoms with E-state index in [2.05, 4.69) is 10.1 Å². The predicted octanol–water partition coefficient (Wildman–Crippen LogP) is 1.75. The molecule has 0 unspecified atom stereocenters. The van der Waals surface area contributed by atoms with Crippen LogP contribution in [0.15, 0.2) is 24.3 Å². The molecule has 1 saturated carbocycles. The largest absolute Gasteiger partial charge is 0.481 e. The first-order valence-corrected chi connectivity index (χ1v) is 5.78. The van der Waals surface area contributed by atoms with Gasteiger partial charge in [-0.2, -0.15) is 0 Å². The molecule has 0 radical (unpaired) electrons. The van der Waals surface area contributed by atoms with Crippen LogP contribution >= 0.6 is 0 Å². The van der Waals surface area contributed by atoms with Crippen LogP contribution in [0.3, 0.4) is 0 Å². The number of rotatable bonds is 4. The van der Waals surface area contributed by atoms with E-state index in [9.17, 15) is 9.59 Å². The van der Waals surface area contributed by atoms with Gasteiger partial charge in [-0.1, -0.05) is 0 Å². The summed E-state index contributed by atoms with van der Waals surface area (Å²) in [6.07, 6.45) is 1.29. The number of aliphatic carboxylic acids is 1. The second-order valence-corrected chi connectivity index (χ2v) is 4.42. The molecule has 2 N–H and O–H groups in total. The molecule has 1 aromatic rings. The number of hydrogen-bond acceptors (Lipinski definition) is 4. The summed E-state index contributed by atoms with van der Waals surface area (Å²) in [5.74, 6) is -1.32. The lowest BCUT2D eigenvalue weighted by Gasteiger charge is -2.33. The van der Waals surface area contributed by atoms with E-state index in [0.717, 1.165) is 5.69 Å². The Bertz CT molecular complexity index is 449. The molecule has 0 atom stereocenters. The molecule has 5 heteroatoms. The molecule has 0 aromatic heterocycles. The molecule has 0 spiro atoms. The fourth-order valence-electron chi connectivity index (χ4n) is 1.99. The van der Waals surface area contributed by atoms with E-state index in [0.29, 0.717) is 18.4 Å². The number of methoxy groups -OCH3 is 1. The van der Waals surface area contributed by atoms with Crippen molar-refractivity contribution < 1.29 is 19.4 Å². The van der Waals surface area contributed by atoms with Crippen molar-refractivity contribution in [1.82, 2.24) is 0 Å². The number of esters is 1. The topological polar surface area (TPSA) is 75.6 Å². The Kier molecular flexibility index (Phi) is 3.50. The van der Waals surface area contributed by atoms with Crippen LogP contribution in [0.1, 0.15) is 23.2 Å². The van der Waals surface area contributed by atoms with Gasteiger partial charge >= 0.3 is 11.9 Å². The van der Waals surface area contributed by atoms with Gasteiger partial charge in [0.15, 0.2) is 0 Å². The van der Waals surface area contributed by atoms with Gasteiger partial charge in [0, 0.05) is 11.7 Å². The van der Waals surface area contributed by atoms with Gasteiger partial charge in [0.05, 0.1) is 18.6 Å². The molecular weight excluding hydrogens is 234 g/mol. The molecule has 1 aliphatic rings. The minimum Gasteiger partial charge on any atom is -0.481 e. The standard InChI is InChI=1S/C13H15NO4/c1-18-13(17)8-2-4-10(5-3-8)14-11-6-9(7-11)12(15)16/h2-5,9,11,14H,6-7H2,1H3,(H,15,16). The predicted molar refractivity (Wildman–Crippen MR) is 65.6 cm³/mol. The summed E-state index contributed by atoms with van der Waals surface area (Å²) in [4.78, 5) is 21.9. The Morgan fingerprint density at radius 1 is 1.28 bits per heavy atom. The molecule has 1 aromatic carbocycles. The van der Waals surface area contributed by atoms with Crippen LogP contribution in [0.4, 0.5) is 5.69 Å². The highest BCUT2D eigenvalue weighted by molar-refractivity contribution is 5.89. The number of benzene rings is 1. The van der Waals surface area contributed by atoms with E-state index in [1.54, 1.807) is 24.3 Å². The van der Waals surface area contributed by atoms with Crippen LogP contribution in [0.25, 0.3) is 0 Å². The van der Waals surface area contributed by atoms with Crippen molar-refractivity contribution in [2.45, 2.75) is 18.9 Å². The number of carbonyl (C=O) groups is 2. The van der Waals surface area contributed by atoms with Gasteiger partial charge in [-0.15, -0.1) is 0 Å². The molecule has 96 valence electrons. The highest BCUT2D eigenvalue weighted by atomic mass is 16.5. The molecule has 1 aliphatic carbocycles. The van der Waals surface area contributed by atoms with Gasteiger partial charge in [0.2, 0.25) is 0 Å². The summed E-state index contributed by atoms with van der Waals surface area (Å²) >= 11 is 0. The molecular formula is C13H15NO4. The third-order valence-corrected chi connectivity index (χ3v) is 3.16. The Hall–Kier alpha value is -2.04. The summed E-state index contributed by atoms with van der Waals surface area (Å²) in [6.45, 7) is 0. The van der Waals surface area contributed by atoms with Crippen molar-refractivity contribution in [2.24, 2.45) is 5.92 Å². The number of carboxylic acids is 1. The lowest BCUT2D eigenvalue weighted by Crippen LogP contribution is -2.39. The van der Waals surface area contributed by atoms with Gasteiger partial charge < -0.3 is 15.2 Å². The van der Waals surface area contributed by atoms with E-state index in [1.807, 2.05) is 0 Å². The maximum atomic E-state index is 11.2. The first kappa shape index (κ1) is 12.4. The maximum absolute atomic E-state index is 11.2. The van der Waals surface area contributed by atoms with Gasteiger partial charge in [-0.25, -0.2) is 4.79 Å². The number of carbonyl (C=O) groups excluding carboxylic acids is 1. The quantitative estimate of drug-likeness (QED) is 0.795. The zero-order chi connectivity index (χ0) is 13.1. The minimum atomic E-state index is -0.728. The van der Waals surface area contributed by atoms with Crippen molar-refractivity contribution >= 4 is 17.6 Å². The normalized spacial score (nSPS) is 21.8. The zero-order valence-electron chi connectivity index (χ0n) is 10.1. The number of carboxylic acid groups (broad SMARTS) is 1. The summed E-state index contributed by atoms with van der Waals surface area (Å²) in [6, 6.07) is 7.15. The smallest absolute Gasteiger partial charge is 0.337 e. The third kappa shape index (κ3) is 2.61. The Morgan fingerprint density at radius 2 is 1.89 bits per heavy atom. The van der Waals surface area contributed by atoms with E-state index in [4.69, 9.17) is 5.11 Å². The highest BCUT2D eigenvalue weighted by Crippen LogP contribution is 2.30. The van der Waals surface area contributed by atoms with Gasteiger partial charge in [0.1, 0.15) is 0 Å². The first-order chi connectivity index (χ1) is 8.60. The second kappa shape index (κ2) is 5.08. The van der Waals surface area contributed by atoms with Crippen LogP contribution in [0.5, 0.6) is 0 Å². The fraction of sp³-hybridized carbons (Fsp3) is 0.385. The van der Waals surface area contributed by atoms with Crippen molar-refractivity contribution in [3.63, 3.8) is 0 Å². The van der Waals surface area contributed by atoms with Crippen molar-refractivity contribution in [2.75, 3.05) is 12.4 Å². The highest BCUT2D eigenvalue weighted by Gasteiger charge is 2.34. The molecule has 0 aliphatic heterocycles. The lowest BCUT2D eigenvalue weighted by molar-refractivity contribution is -0.144. The van der Waals surface area contributed by atoms with Crippen LogP contribution in [-0.4, -0.2) is 30.2 Å². The molecule has 0 bridgehead atoms. The van der Waals surface area contributed by atoms with Crippen LogP contribution in [0.2, 0.25) is 0 Å². The lowest BCUT2D eigenvalue weighted by atomic mass is 9.80. The summed E-state index contributed by atoms with van der Waals surface area (Å²) in [5, 5.41) is 12.0. The SMILES string of the molecule is COC(=O)c1ccc(NC2CC(C(=O)O)C2)cc1. The Labute approximate surface area is 105 Å². The van der Waals surface area contributed by atoms with E-state index in [-0.39, 0.29) is 17.9 Å². The molecule has 1 fully saturated rings. The van der Waals surface area contributed by atoms with Crippen LogP contribution in [0, 0.1) is 5.92 Å². The van der Waals surface area contributed by atoms with Gasteiger partial charge in [-0.05, 0) is 37.1 Å². The average Bonchev–Trinajstić information content (AvgIpc) is 2.32. The van der Waals surface area contributed by atoms with Crippen molar-refractivity contribution in [1.29, 1.82) is 0 Å². The molecule has 5 nitrogen and oxygen atoms in total. The molecule has 0 amide bonds. The van der Waals surface area contributed by atoms with Crippen molar-refractivity contribution in [3.8, 4) is 0 Å². The molecule has 0 heterocycles. The van der Waals surface area contributed by atoms with Crippen molar-refractivity contribution in [3.05, 3.63) is 29.8 Å². The number of hydrogen-bond donors (Lipinski definition) is 2. The maximum Gasteiger partial charge on any atom is 0.337 e. The molecule has 0 saturated heterocycles. The zero-order valence-corrected chi connectivity index (χ0v) is 10.1. The summed E-state index contributed by atoms with van der Waals surface area (Å²) < 4.78 is 4.61. The minimum absolute atomic E-state index is 0.204. The van der Waals surface area contributed by atoms with Crippen LogP contribution < -0.4 is 5.32 Å². The van der Waals surface area contributed by atoms with Crippen LogP contribution in [-0.2, 0) is 9.53 Å². The number of anilines is 1. The fourth-order valence-corrected chi connectivity index (χ4v) is 1.99. The Balaban J connectivity index is 1.88. The van der Waals surface area contributed by atoms with Gasteiger partial charge in [0.25, 0.3) is 0 Å². The monoisotopic (exact) mass is 249 g/mol. The van der Waals surface area contributed by atoms with E-state index < -0.39 is 5.97 Å². The second-order valence-electron chi connectivity index (χ2n) is 4.42. The molecule has 18 heavy (non-hydrogen) atoms. The third-order valence-electron chi connectivity index (χ3n) is 3.16. The van der Waals surface area contributed by atoms with Gasteiger partial charge in [-0.3, -0.25) is 4.79 Å². The average molecular weight is 249 g/mol. The Morgan fingerprint density at radius 3 is 2.39 bits per heavy atom. The summed E-state index contributed by atoms with van der Waals surface area (Å²) in [5.41, 5.74) is 1.39. The summed E-state index contributed by atoms with van der Waals surface area (Å²) in [7, 11) is 1.34. The number of ether oxygens (including phenoxy) is 1. The molecule has 2 rings (SSSR count). The van der Waals surface area contributed by atoms with E-state index >= 15 is 0 Å². The van der Waals surface area contributed by atoms with E-state index in [1.165, 1.54) is 7.11 Å². The number of nitrogens with one attached hydrogen (secondary N) is 1.